The maximum Gasteiger partial charge on any atom is 2.00 e. The Balaban J connectivity index is 0. The Labute approximate surface area is 121 Å². The number of phenolic OH excluding ortho intramolecular Hbond substituents is 1. The SMILES string of the molecule is O=[C-]c1ccccc1O.[CH2-]C/C=C\CC.[U+2]. The fraction of sp³-hybridized carbons (Fsp3) is 0.231. The molecule has 0 amide bonds. The van der Waals surface area contributed by atoms with Crippen LogP contribution in [0, 0.1) is 38.0 Å². The minimum absolute atomic E-state index is 0. The van der Waals surface area contributed by atoms with Crippen LogP contribution < -0.4 is 0 Å². The summed E-state index contributed by atoms with van der Waals surface area (Å²) in [5.41, 5.74) is 0.206. The van der Waals surface area contributed by atoms with Crippen LogP contribution in [0.15, 0.2) is 36.4 Å². The topological polar surface area (TPSA) is 37.3 Å². The third-order valence-electron chi connectivity index (χ3n) is 1.58. The Hall–Kier alpha value is -0.518. The standard InChI is InChI=1S/C7H5O2.C6H11.U/c8-5-6-3-1-2-4-7(6)9;1-3-5-6-4-2;/h1-4,9H;5-6H,1,3-4H2,2H3;/q2*-1;+2/b;6-5-;. The Morgan fingerprint density at radius 2 is 2.00 bits per heavy atom. The van der Waals surface area contributed by atoms with Crippen LogP contribution in [0.2, 0.25) is 0 Å². The molecule has 0 aromatic heterocycles. The van der Waals surface area contributed by atoms with Gasteiger partial charge in [-0.3, -0.25) is 0 Å². The maximum atomic E-state index is 9.94. The minimum atomic E-state index is -0.0208. The average molecular weight is 442 g/mol. The van der Waals surface area contributed by atoms with Crippen molar-refractivity contribution in [1.29, 1.82) is 0 Å². The second-order valence-electron chi connectivity index (χ2n) is 2.79. The fourth-order valence-corrected chi connectivity index (χ4v) is 0.844. The van der Waals surface area contributed by atoms with E-state index in [1.54, 1.807) is 18.4 Å². The van der Waals surface area contributed by atoms with Crippen molar-refractivity contribution in [3.63, 3.8) is 0 Å². The van der Waals surface area contributed by atoms with Crippen LogP contribution in [0.3, 0.4) is 0 Å². The van der Waals surface area contributed by atoms with Crippen LogP contribution in [-0.4, -0.2) is 11.4 Å². The number of para-hydroxylation sites is 1. The van der Waals surface area contributed by atoms with E-state index in [0.717, 1.165) is 12.8 Å². The molecule has 2 nitrogen and oxygen atoms in total. The van der Waals surface area contributed by atoms with Crippen LogP contribution >= 0.6 is 0 Å². The van der Waals surface area contributed by atoms with Crippen molar-refractivity contribution in [2.24, 2.45) is 0 Å². The van der Waals surface area contributed by atoms with E-state index in [2.05, 4.69) is 26.0 Å². The predicted octanol–water partition coefficient (Wildman–Crippen LogP) is 3.03. The smallest absolute Gasteiger partial charge is 0.565 e. The molecule has 0 aliphatic rings. The van der Waals surface area contributed by atoms with Crippen molar-refractivity contribution in [2.75, 3.05) is 0 Å². The van der Waals surface area contributed by atoms with Gasteiger partial charge < -0.3 is 16.8 Å². The summed E-state index contributed by atoms with van der Waals surface area (Å²) < 4.78 is 0. The van der Waals surface area contributed by atoms with Gasteiger partial charge >= 0.3 is 31.1 Å². The normalized spacial score (nSPS) is 8.88. The van der Waals surface area contributed by atoms with E-state index >= 15 is 0 Å². The van der Waals surface area contributed by atoms with Crippen LogP contribution in [0.1, 0.15) is 25.3 Å². The maximum absolute atomic E-state index is 9.94. The molecule has 0 bridgehead atoms. The largest absolute Gasteiger partial charge is 2.00 e. The number of allylic oxidation sites excluding steroid dienone is 2. The Kier molecular flexibility index (Phi) is 14.0. The molecule has 0 fully saturated rings. The monoisotopic (exact) mass is 442 g/mol. The first-order valence-electron chi connectivity index (χ1n) is 4.86. The van der Waals surface area contributed by atoms with Gasteiger partial charge in [0.15, 0.2) is 0 Å². The first kappa shape index (κ1) is 17.9. The molecule has 0 aliphatic carbocycles. The molecule has 0 spiro atoms. The molecule has 0 saturated heterocycles. The second kappa shape index (κ2) is 12.6. The molecule has 1 aromatic rings. The van der Waals surface area contributed by atoms with Crippen LogP contribution in [-0.2, 0) is 4.79 Å². The van der Waals surface area contributed by atoms with Gasteiger partial charge in [-0.1, -0.05) is 25.1 Å². The molecular weight excluding hydrogens is 426 g/mol. The van der Waals surface area contributed by atoms with Crippen molar-refractivity contribution >= 4 is 6.29 Å². The number of rotatable bonds is 3. The Morgan fingerprint density at radius 3 is 2.31 bits per heavy atom. The van der Waals surface area contributed by atoms with Gasteiger partial charge in [0, 0.05) is 5.75 Å². The molecule has 0 radical (unpaired) electrons. The third-order valence-corrected chi connectivity index (χ3v) is 1.58. The summed E-state index contributed by atoms with van der Waals surface area (Å²) in [5.74, 6) is -0.0208. The van der Waals surface area contributed by atoms with Crippen molar-refractivity contribution in [3.05, 3.63) is 48.9 Å². The Bertz CT molecular complexity index is 303. The van der Waals surface area contributed by atoms with Gasteiger partial charge in [0.1, 0.15) is 0 Å². The van der Waals surface area contributed by atoms with Crippen molar-refractivity contribution in [2.45, 2.75) is 19.8 Å². The fourth-order valence-electron chi connectivity index (χ4n) is 0.844. The van der Waals surface area contributed by atoms with Gasteiger partial charge in [-0.15, -0.1) is 17.7 Å². The molecule has 0 saturated carbocycles. The van der Waals surface area contributed by atoms with Crippen molar-refractivity contribution in [3.8, 4) is 5.75 Å². The zero-order chi connectivity index (χ0) is 11.5. The molecule has 1 N–H and O–H groups in total. The van der Waals surface area contributed by atoms with Crippen LogP contribution in [0.25, 0.3) is 0 Å². The Morgan fingerprint density at radius 1 is 1.38 bits per heavy atom. The molecular formula is C13H16O2U. The van der Waals surface area contributed by atoms with E-state index in [-0.39, 0.29) is 42.4 Å². The molecule has 84 valence electrons. The minimum Gasteiger partial charge on any atom is -0.565 e. The summed E-state index contributed by atoms with van der Waals surface area (Å²) >= 11 is 0. The predicted molar refractivity (Wildman–Crippen MR) is 62.3 cm³/mol. The number of hydrogen-bond acceptors (Lipinski definition) is 2. The number of aromatic hydroxyl groups is 1. The number of carbonyl (C=O) groups excluding carboxylic acids is 1. The number of phenols is 1. The van der Waals surface area contributed by atoms with Gasteiger partial charge in [-0.2, -0.15) is 12.5 Å². The second-order valence-corrected chi connectivity index (χ2v) is 2.79. The van der Waals surface area contributed by atoms with Gasteiger partial charge in [0.2, 0.25) is 0 Å². The van der Waals surface area contributed by atoms with E-state index in [1.165, 1.54) is 12.1 Å². The number of benzene rings is 1. The zero-order valence-electron chi connectivity index (χ0n) is 9.44. The summed E-state index contributed by atoms with van der Waals surface area (Å²) in [6.07, 6.45) is 7.84. The van der Waals surface area contributed by atoms with E-state index in [9.17, 15) is 4.79 Å². The molecule has 1 aromatic carbocycles. The first-order chi connectivity index (χ1) is 7.26. The zero-order valence-corrected chi connectivity index (χ0v) is 13.6. The molecule has 0 heterocycles. The molecule has 1 rings (SSSR count). The quantitative estimate of drug-likeness (QED) is 0.578. The summed E-state index contributed by atoms with van der Waals surface area (Å²) in [6.45, 7) is 5.75. The van der Waals surface area contributed by atoms with E-state index in [4.69, 9.17) is 5.11 Å². The van der Waals surface area contributed by atoms with Crippen molar-refractivity contribution in [1.82, 2.24) is 0 Å². The van der Waals surface area contributed by atoms with E-state index in [1.807, 2.05) is 0 Å². The van der Waals surface area contributed by atoms with E-state index in [0.29, 0.717) is 0 Å². The van der Waals surface area contributed by atoms with Gasteiger partial charge in [0.05, 0.1) is 6.29 Å². The summed E-state index contributed by atoms with van der Waals surface area (Å²) in [5, 5.41) is 8.85. The molecule has 3 heteroatoms. The summed E-state index contributed by atoms with van der Waals surface area (Å²) in [6, 6.07) is 6.26. The molecule has 16 heavy (non-hydrogen) atoms. The molecule has 0 unspecified atom stereocenters. The first-order valence-corrected chi connectivity index (χ1v) is 4.86. The summed E-state index contributed by atoms with van der Waals surface area (Å²) in [4.78, 5) is 9.94. The molecule has 0 atom stereocenters. The van der Waals surface area contributed by atoms with Crippen LogP contribution in [0.4, 0.5) is 0 Å². The van der Waals surface area contributed by atoms with Gasteiger partial charge in [-0.25, -0.2) is 0 Å². The van der Waals surface area contributed by atoms with Gasteiger partial charge in [0.25, 0.3) is 0 Å². The number of hydrogen-bond donors (Lipinski definition) is 1. The molecule has 0 aliphatic heterocycles. The average Bonchev–Trinajstić information content (AvgIpc) is 2.28. The van der Waals surface area contributed by atoms with Crippen LogP contribution in [0.5, 0.6) is 5.75 Å². The van der Waals surface area contributed by atoms with E-state index < -0.39 is 0 Å². The van der Waals surface area contributed by atoms with Crippen molar-refractivity contribution < 1.29 is 41.0 Å². The summed E-state index contributed by atoms with van der Waals surface area (Å²) in [7, 11) is 0. The van der Waals surface area contributed by atoms with Gasteiger partial charge in [-0.05, 0) is 6.42 Å². The third kappa shape index (κ3) is 8.76.